The third-order valence-electron chi connectivity index (χ3n) is 3.18. The largest absolute Gasteiger partial charge is 0.573 e. The molecule has 0 saturated carbocycles. The van der Waals surface area contributed by atoms with E-state index in [2.05, 4.69) is 4.74 Å². The van der Waals surface area contributed by atoms with Gasteiger partial charge in [-0.3, -0.25) is 0 Å². The molecule has 2 N–H and O–H groups in total. The van der Waals surface area contributed by atoms with Gasteiger partial charge in [0.25, 0.3) is 5.92 Å². The molecule has 1 aromatic rings. The quantitative estimate of drug-likeness (QED) is 0.814. The van der Waals surface area contributed by atoms with Gasteiger partial charge in [0.05, 0.1) is 6.54 Å². The van der Waals surface area contributed by atoms with Crippen molar-refractivity contribution < 1.29 is 26.7 Å². The lowest BCUT2D eigenvalue weighted by Crippen LogP contribution is -2.28. The van der Waals surface area contributed by atoms with Gasteiger partial charge >= 0.3 is 6.36 Å². The van der Waals surface area contributed by atoms with Crippen LogP contribution < -0.4 is 10.5 Å². The standard InChI is InChI=1S/C15H20F5NO/c1-13(2,3)12-5-4-11(22-15(18,19)20)8-10(12)6-7-14(16,17)9-21/h4-5,8H,6-7,9,21H2,1-3H3. The maximum absolute atomic E-state index is 13.3. The Morgan fingerprint density at radius 3 is 2.09 bits per heavy atom. The van der Waals surface area contributed by atoms with Crippen LogP contribution in [0.4, 0.5) is 22.0 Å². The van der Waals surface area contributed by atoms with Gasteiger partial charge in [0.15, 0.2) is 0 Å². The van der Waals surface area contributed by atoms with Gasteiger partial charge < -0.3 is 10.5 Å². The first kappa shape index (κ1) is 18.7. The molecule has 0 aliphatic rings. The molecule has 7 heteroatoms. The Balaban J connectivity index is 3.10. The molecule has 0 amide bonds. The van der Waals surface area contributed by atoms with Crippen LogP contribution in [0.3, 0.4) is 0 Å². The van der Waals surface area contributed by atoms with Crippen molar-refractivity contribution in [1.82, 2.24) is 0 Å². The average Bonchev–Trinajstić information content (AvgIpc) is 2.33. The number of halogens is 5. The molecular formula is C15H20F5NO. The molecule has 0 spiro atoms. The summed E-state index contributed by atoms with van der Waals surface area (Å²) in [6.45, 7) is 4.78. The Hall–Kier alpha value is -1.37. The summed E-state index contributed by atoms with van der Waals surface area (Å²) >= 11 is 0. The van der Waals surface area contributed by atoms with Crippen molar-refractivity contribution in [3.8, 4) is 5.75 Å². The van der Waals surface area contributed by atoms with Crippen molar-refractivity contribution in [1.29, 1.82) is 0 Å². The van der Waals surface area contributed by atoms with Crippen LogP contribution in [0.2, 0.25) is 0 Å². The van der Waals surface area contributed by atoms with Crippen LogP contribution in [-0.4, -0.2) is 18.8 Å². The molecule has 22 heavy (non-hydrogen) atoms. The molecule has 0 atom stereocenters. The molecule has 2 nitrogen and oxygen atoms in total. The highest BCUT2D eigenvalue weighted by atomic mass is 19.4. The fourth-order valence-electron chi connectivity index (χ4n) is 2.13. The normalized spacial score (nSPS) is 13.3. The Morgan fingerprint density at radius 1 is 1.05 bits per heavy atom. The summed E-state index contributed by atoms with van der Waals surface area (Å²) in [5, 5.41) is 0. The second kappa shape index (κ2) is 6.40. The van der Waals surface area contributed by atoms with E-state index in [1.54, 1.807) is 0 Å². The number of ether oxygens (including phenoxy) is 1. The zero-order valence-corrected chi connectivity index (χ0v) is 12.7. The SMILES string of the molecule is CC(C)(C)c1ccc(OC(F)(F)F)cc1CCC(F)(F)CN. The number of hydrogen-bond donors (Lipinski definition) is 1. The Kier molecular flexibility index (Phi) is 5.43. The number of hydrogen-bond acceptors (Lipinski definition) is 2. The number of alkyl halides is 5. The molecule has 0 unspecified atom stereocenters. The molecule has 126 valence electrons. The van der Waals surface area contributed by atoms with E-state index >= 15 is 0 Å². The summed E-state index contributed by atoms with van der Waals surface area (Å²) in [5.41, 5.74) is 5.71. The fraction of sp³-hybridized carbons (Fsp3) is 0.600. The van der Waals surface area contributed by atoms with Crippen LogP contribution in [0.15, 0.2) is 18.2 Å². The molecule has 0 aliphatic carbocycles. The zero-order valence-electron chi connectivity index (χ0n) is 12.7. The fourth-order valence-corrected chi connectivity index (χ4v) is 2.13. The maximum Gasteiger partial charge on any atom is 0.573 e. The second-order valence-corrected chi connectivity index (χ2v) is 6.18. The second-order valence-electron chi connectivity index (χ2n) is 6.18. The minimum atomic E-state index is -4.82. The summed E-state index contributed by atoms with van der Waals surface area (Å²) in [7, 11) is 0. The van der Waals surface area contributed by atoms with Gasteiger partial charge in [0.1, 0.15) is 5.75 Å². The van der Waals surface area contributed by atoms with Crippen LogP contribution in [0.5, 0.6) is 5.75 Å². The van der Waals surface area contributed by atoms with Crippen LogP contribution in [-0.2, 0) is 11.8 Å². The van der Waals surface area contributed by atoms with Gasteiger partial charge in [-0.05, 0) is 35.1 Å². The van der Waals surface area contributed by atoms with Crippen molar-refractivity contribution in [2.45, 2.75) is 51.3 Å². The highest BCUT2D eigenvalue weighted by Crippen LogP contribution is 2.33. The van der Waals surface area contributed by atoms with E-state index in [9.17, 15) is 22.0 Å². The van der Waals surface area contributed by atoms with E-state index < -0.39 is 31.0 Å². The van der Waals surface area contributed by atoms with Crippen LogP contribution in [0.25, 0.3) is 0 Å². The van der Waals surface area contributed by atoms with E-state index in [0.717, 1.165) is 0 Å². The predicted molar refractivity (Wildman–Crippen MR) is 74.1 cm³/mol. The number of benzene rings is 1. The number of aryl methyl sites for hydroxylation is 1. The third-order valence-corrected chi connectivity index (χ3v) is 3.18. The summed E-state index contributed by atoms with van der Waals surface area (Å²) in [4.78, 5) is 0. The van der Waals surface area contributed by atoms with E-state index in [1.807, 2.05) is 20.8 Å². The zero-order chi connectivity index (χ0) is 17.2. The summed E-state index contributed by atoms with van der Waals surface area (Å²) < 4.78 is 67.3. The molecule has 0 heterocycles. The van der Waals surface area contributed by atoms with Crippen molar-refractivity contribution in [2.24, 2.45) is 5.73 Å². The van der Waals surface area contributed by atoms with Gasteiger partial charge in [-0.15, -0.1) is 13.2 Å². The Bertz CT molecular complexity index is 506. The molecular weight excluding hydrogens is 305 g/mol. The molecule has 0 aromatic heterocycles. The molecule has 0 fully saturated rings. The summed E-state index contributed by atoms with van der Waals surface area (Å²) in [5.74, 6) is -3.46. The van der Waals surface area contributed by atoms with Gasteiger partial charge in [-0.2, -0.15) is 0 Å². The predicted octanol–water partition coefficient (Wildman–Crippen LogP) is 4.41. The van der Waals surface area contributed by atoms with Gasteiger partial charge in [-0.1, -0.05) is 26.8 Å². The smallest absolute Gasteiger partial charge is 0.406 e. The first-order valence-corrected chi connectivity index (χ1v) is 6.81. The lowest BCUT2D eigenvalue weighted by Gasteiger charge is -2.25. The topological polar surface area (TPSA) is 35.2 Å². The molecule has 0 saturated heterocycles. The molecule has 1 rings (SSSR count). The van der Waals surface area contributed by atoms with Gasteiger partial charge in [0, 0.05) is 6.42 Å². The molecule has 1 aromatic carbocycles. The van der Waals surface area contributed by atoms with Crippen LogP contribution in [0.1, 0.15) is 38.3 Å². The van der Waals surface area contributed by atoms with Crippen LogP contribution in [0, 0.1) is 0 Å². The molecule has 0 bridgehead atoms. The van der Waals surface area contributed by atoms with Crippen molar-refractivity contribution in [3.63, 3.8) is 0 Å². The van der Waals surface area contributed by atoms with E-state index in [0.29, 0.717) is 11.1 Å². The Morgan fingerprint density at radius 2 is 1.64 bits per heavy atom. The highest BCUT2D eigenvalue weighted by Gasteiger charge is 2.32. The first-order chi connectivity index (χ1) is 9.84. The highest BCUT2D eigenvalue weighted by molar-refractivity contribution is 5.39. The lowest BCUT2D eigenvalue weighted by molar-refractivity contribution is -0.274. The third kappa shape index (κ3) is 5.79. The summed E-state index contributed by atoms with van der Waals surface area (Å²) in [6, 6.07) is 3.84. The van der Waals surface area contributed by atoms with Crippen molar-refractivity contribution in [3.05, 3.63) is 29.3 Å². The Labute approximate surface area is 126 Å². The van der Waals surface area contributed by atoms with Crippen molar-refractivity contribution in [2.75, 3.05) is 6.54 Å². The molecule has 0 aliphatic heterocycles. The van der Waals surface area contributed by atoms with Gasteiger partial charge in [-0.25, -0.2) is 8.78 Å². The number of nitrogens with two attached hydrogens (primary N) is 1. The van der Waals surface area contributed by atoms with Crippen molar-refractivity contribution >= 4 is 0 Å². The monoisotopic (exact) mass is 325 g/mol. The minimum absolute atomic E-state index is 0.0775. The molecule has 0 radical (unpaired) electrons. The van der Waals surface area contributed by atoms with E-state index in [-0.39, 0.29) is 11.8 Å². The average molecular weight is 325 g/mol. The maximum atomic E-state index is 13.3. The lowest BCUT2D eigenvalue weighted by atomic mass is 9.82. The summed E-state index contributed by atoms with van der Waals surface area (Å²) in [6.07, 6.45) is -5.42. The first-order valence-electron chi connectivity index (χ1n) is 6.81. The van der Waals surface area contributed by atoms with E-state index in [4.69, 9.17) is 5.73 Å². The van der Waals surface area contributed by atoms with E-state index in [1.165, 1.54) is 18.2 Å². The number of rotatable bonds is 5. The minimum Gasteiger partial charge on any atom is -0.406 e. The van der Waals surface area contributed by atoms with Crippen LogP contribution >= 0.6 is 0 Å². The van der Waals surface area contributed by atoms with Gasteiger partial charge in [0.2, 0.25) is 0 Å².